The van der Waals surface area contributed by atoms with E-state index in [1.165, 1.54) is 19.2 Å². The van der Waals surface area contributed by atoms with Crippen LogP contribution in [0.25, 0.3) is 0 Å². The minimum Gasteiger partial charge on any atom is -0.469 e. The predicted octanol–water partition coefficient (Wildman–Crippen LogP) is 1.49. The Morgan fingerprint density at radius 1 is 1.29 bits per heavy atom. The number of hydrogen-bond donors (Lipinski definition) is 1. The van der Waals surface area contributed by atoms with E-state index in [-0.39, 0.29) is 35.7 Å². The molecule has 1 fully saturated rings. The minimum absolute atomic E-state index is 0.125. The molecule has 1 aromatic carbocycles. The van der Waals surface area contributed by atoms with Crippen molar-refractivity contribution in [3.05, 3.63) is 28.8 Å². The molecule has 0 radical (unpaired) electrons. The third-order valence-electron chi connectivity index (χ3n) is 3.94. The molecule has 0 aliphatic carbocycles. The molecular weight excluding hydrogens is 336 g/mol. The van der Waals surface area contributed by atoms with Crippen LogP contribution in [-0.2, 0) is 19.1 Å². The Labute approximate surface area is 144 Å². The number of methoxy groups -OCH3 is 1. The molecule has 1 heterocycles. The second-order valence-electron chi connectivity index (χ2n) is 5.49. The highest BCUT2D eigenvalue weighted by Gasteiger charge is 2.28. The molecule has 1 aliphatic heterocycles. The first-order chi connectivity index (χ1) is 11.4. The van der Waals surface area contributed by atoms with Crippen LogP contribution in [0.3, 0.4) is 0 Å². The highest BCUT2D eigenvalue weighted by molar-refractivity contribution is 6.31. The molecular formula is C16H19ClN2O5. The monoisotopic (exact) mass is 354 g/mol. The third kappa shape index (κ3) is 4.38. The largest absolute Gasteiger partial charge is 0.469 e. The quantitative estimate of drug-likeness (QED) is 0.649. The van der Waals surface area contributed by atoms with Gasteiger partial charge < -0.3 is 20.1 Å². The van der Waals surface area contributed by atoms with Crippen LogP contribution in [0.2, 0.25) is 5.02 Å². The second-order valence-corrected chi connectivity index (χ2v) is 5.92. The average Bonchev–Trinajstić information content (AvgIpc) is 2.60. The Hall–Kier alpha value is -2.28. The molecule has 1 aromatic rings. The van der Waals surface area contributed by atoms with Gasteiger partial charge in [-0.15, -0.1) is 0 Å². The van der Waals surface area contributed by atoms with Gasteiger partial charge in [-0.1, -0.05) is 11.6 Å². The predicted molar refractivity (Wildman–Crippen MR) is 87.5 cm³/mol. The fourth-order valence-corrected chi connectivity index (χ4v) is 2.70. The van der Waals surface area contributed by atoms with Gasteiger partial charge in [0.1, 0.15) is 0 Å². The Bertz CT molecular complexity index is 641. The summed E-state index contributed by atoms with van der Waals surface area (Å²) in [5, 5.41) is 0.354. The van der Waals surface area contributed by atoms with E-state index in [0.29, 0.717) is 31.0 Å². The number of nitrogen functional groups attached to an aromatic ring is 1. The van der Waals surface area contributed by atoms with Crippen molar-refractivity contribution in [1.29, 1.82) is 0 Å². The molecule has 24 heavy (non-hydrogen) atoms. The van der Waals surface area contributed by atoms with Crippen LogP contribution in [0.15, 0.2) is 18.2 Å². The highest BCUT2D eigenvalue weighted by Crippen LogP contribution is 2.20. The zero-order valence-electron chi connectivity index (χ0n) is 13.3. The number of benzene rings is 1. The van der Waals surface area contributed by atoms with E-state index in [9.17, 15) is 14.4 Å². The van der Waals surface area contributed by atoms with Gasteiger partial charge in [-0.05, 0) is 31.0 Å². The molecule has 8 heteroatoms. The Morgan fingerprint density at radius 3 is 2.58 bits per heavy atom. The van der Waals surface area contributed by atoms with Crippen LogP contribution in [0.5, 0.6) is 0 Å². The van der Waals surface area contributed by atoms with E-state index in [4.69, 9.17) is 26.8 Å². The van der Waals surface area contributed by atoms with Gasteiger partial charge in [0.15, 0.2) is 6.61 Å². The van der Waals surface area contributed by atoms with Crippen LogP contribution in [0, 0.1) is 5.92 Å². The molecule has 0 aromatic heterocycles. The van der Waals surface area contributed by atoms with E-state index < -0.39 is 5.97 Å². The maximum absolute atomic E-state index is 12.1. The van der Waals surface area contributed by atoms with Gasteiger partial charge in [-0.3, -0.25) is 9.59 Å². The van der Waals surface area contributed by atoms with E-state index in [1.807, 2.05) is 0 Å². The number of hydrogen-bond acceptors (Lipinski definition) is 6. The lowest BCUT2D eigenvalue weighted by Gasteiger charge is -2.30. The smallest absolute Gasteiger partial charge is 0.340 e. The number of anilines is 1. The van der Waals surface area contributed by atoms with Gasteiger partial charge in [0.2, 0.25) is 0 Å². The zero-order chi connectivity index (χ0) is 17.7. The first-order valence-corrected chi connectivity index (χ1v) is 7.88. The molecule has 130 valence electrons. The summed E-state index contributed by atoms with van der Waals surface area (Å²) in [6.07, 6.45) is 1.07. The number of halogens is 1. The molecule has 1 amide bonds. The summed E-state index contributed by atoms with van der Waals surface area (Å²) in [5.74, 6) is -1.46. The maximum Gasteiger partial charge on any atom is 0.340 e. The summed E-state index contributed by atoms with van der Waals surface area (Å²) in [7, 11) is 1.35. The SMILES string of the molecule is COC(=O)C1CCN(C(=O)COC(=O)c2cc(Cl)ccc2N)CC1. The first kappa shape index (κ1) is 18.1. The highest BCUT2D eigenvalue weighted by atomic mass is 35.5. The van der Waals surface area contributed by atoms with Crippen molar-refractivity contribution in [2.75, 3.05) is 32.5 Å². The molecule has 7 nitrogen and oxygen atoms in total. The third-order valence-corrected chi connectivity index (χ3v) is 4.18. The van der Waals surface area contributed by atoms with E-state index in [2.05, 4.69) is 0 Å². The van der Waals surface area contributed by atoms with Crippen LogP contribution in [0.4, 0.5) is 5.69 Å². The summed E-state index contributed by atoms with van der Waals surface area (Å²) in [6, 6.07) is 4.45. The van der Waals surface area contributed by atoms with Crippen LogP contribution < -0.4 is 5.73 Å². The molecule has 2 N–H and O–H groups in total. The molecule has 0 bridgehead atoms. The Kier molecular flexibility index (Phi) is 6.03. The van der Waals surface area contributed by atoms with E-state index in [1.54, 1.807) is 11.0 Å². The molecule has 0 saturated carbocycles. The number of carbonyl (C=O) groups is 3. The summed E-state index contributed by atoms with van der Waals surface area (Å²) in [6.45, 7) is 0.471. The maximum atomic E-state index is 12.1. The lowest BCUT2D eigenvalue weighted by Crippen LogP contribution is -2.42. The normalized spacial score (nSPS) is 15.0. The number of carbonyl (C=O) groups excluding carboxylic acids is 3. The lowest BCUT2D eigenvalue weighted by atomic mass is 9.97. The van der Waals surface area contributed by atoms with Crippen molar-refractivity contribution in [1.82, 2.24) is 4.90 Å². The van der Waals surface area contributed by atoms with E-state index >= 15 is 0 Å². The van der Waals surface area contributed by atoms with Gasteiger partial charge in [0.25, 0.3) is 5.91 Å². The van der Waals surface area contributed by atoms with Crippen molar-refractivity contribution < 1.29 is 23.9 Å². The molecule has 0 unspecified atom stereocenters. The Morgan fingerprint density at radius 2 is 1.96 bits per heavy atom. The number of ether oxygens (including phenoxy) is 2. The molecule has 2 rings (SSSR count). The molecule has 1 saturated heterocycles. The van der Waals surface area contributed by atoms with Crippen molar-refractivity contribution in [3.63, 3.8) is 0 Å². The number of amides is 1. The first-order valence-electron chi connectivity index (χ1n) is 7.50. The topological polar surface area (TPSA) is 98.9 Å². The van der Waals surface area contributed by atoms with Gasteiger partial charge >= 0.3 is 11.9 Å². The summed E-state index contributed by atoms with van der Waals surface area (Å²) < 4.78 is 9.71. The van der Waals surface area contributed by atoms with Crippen LogP contribution >= 0.6 is 11.6 Å². The summed E-state index contributed by atoms with van der Waals surface area (Å²) in [4.78, 5) is 37.1. The van der Waals surface area contributed by atoms with Crippen LogP contribution in [0.1, 0.15) is 23.2 Å². The second kappa shape index (κ2) is 8.01. The summed E-state index contributed by atoms with van der Waals surface area (Å²) >= 11 is 5.82. The van der Waals surface area contributed by atoms with Crippen molar-refractivity contribution in [3.8, 4) is 0 Å². The molecule has 1 aliphatic rings. The van der Waals surface area contributed by atoms with Crippen LogP contribution in [-0.4, -0.2) is 49.6 Å². The van der Waals surface area contributed by atoms with Gasteiger partial charge in [-0.2, -0.15) is 0 Å². The number of nitrogens with zero attached hydrogens (tertiary/aromatic N) is 1. The van der Waals surface area contributed by atoms with Gasteiger partial charge in [0, 0.05) is 23.8 Å². The Balaban J connectivity index is 1.84. The number of piperidine rings is 1. The fraction of sp³-hybridized carbons (Fsp3) is 0.438. The lowest BCUT2D eigenvalue weighted by molar-refractivity contribution is -0.149. The summed E-state index contributed by atoms with van der Waals surface area (Å²) in [5.41, 5.74) is 6.05. The number of likely N-dealkylation sites (tertiary alicyclic amines) is 1. The van der Waals surface area contributed by atoms with Crippen molar-refractivity contribution in [2.45, 2.75) is 12.8 Å². The average molecular weight is 355 g/mol. The minimum atomic E-state index is -0.701. The number of esters is 2. The van der Waals surface area contributed by atoms with Crippen molar-refractivity contribution in [2.24, 2.45) is 5.92 Å². The molecule has 0 spiro atoms. The number of rotatable bonds is 4. The van der Waals surface area contributed by atoms with Crippen molar-refractivity contribution >= 4 is 35.1 Å². The van der Waals surface area contributed by atoms with Gasteiger partial charge in [-0.25, -0.2) is 4.79 Å². The number of nitrogens with two attached hydrogens (primary N) is 1. The standard InChI is InChI=1S/C16H19ClN2O5/c1-23-15(21)10-4-6-19(7-5-10)14(20)9-24-16(22)12-8-11(17)2-3-13(12)18/h2-3,8,10H,4-7,9,18H2,1H3. The zero-order valence-corrected chi connectivity index (χ0v) is 14.0. The van der Waals surface area contributed by atoms with E-state index in [0.717, 1.165) is 0 Å². The fourth-order valence-electron chi connectivity index (χ4n) is 2.53. The molecule has 0 atom stereocenters. The van der Waals surface area contributed by atoms with Gasteiger partial charge in [0.05, 0.1) is 18.6 Å².